The first-order chi connectivity index (χ1) is 16.3. The van der Waals surface area contributed by atoms with Crippen molar-refractivity contribution in [2.75, 3.05) is 43.4 Å². The zero-order valence-electron chi connectivity index (χ0n) is 19.4. The van der Waals surface area contributed by atoms with Crippen molar-refractivity contribution in [1.29, 1.82) is 0 Å². The topological polar surface area (TPSA) is 94.6 Å². The highest BCUT2D eigenvalue weighted by Crippen LogP contribution is 2.19. The van der Waals surface area contributed by atoms with Crippen LogP contribution in [0.25, 0.3) is 0 Å². The molecule has 1 amide bonds. The molecular weight excluding hydrogens is 450 g/mol. The molecule has 4 rings (SSSR count). The van der Waals surface area contributed by atoms with E-state index >= 15 is 0 Å². The van der Waals surface area contributed by atoms with Gasteiger partial charge < -0.3 is 15.1 Å². The number of nitrogens with zero attached hydrogens (tertiary/aromatic N) is 3. The van der Waals surface area contributed by atoms with E-state index in [4.69, 9.17) is 0 Å². The highest BCUT2D eigenvalue weighted by molar-refractivity contribution is 7.89. The van der Waals surface area contributed by atoms with Crippen molar-refractivity contribution >= 4 is 27.3 Å². The van der Waals surface area contributed by atoms with E-state index in [1.807, 2.05) is 25.1 Å². The first kappa shape index (κ1) is 23.9. The number of aromatic nitrogens is 1. The third kappa shape index (κ3) is 5.99. The second kappa shape index (κ2) is 10.3. The summed E-state index contributed by atoms with van der Waals surface area (Å²) in [6.07, 6.45) is 1.61. The smallest absolute Gasteiger partial charge is 0.255 e. The Morgan fingerprint density at radius 2 is 1.62 bits per heavy atom. The second-order valence-electron chi connectivity index (χ2n) is 8.45. The van der Waals surface area contributed by atoms with Gasteiger partial charge in [-0.25, -0.2) is 13.1 Å². The molecule has 1 aromatic heterocycles. The highest BCUT2D eigenvalue weighted by Gasteiger charge is 2.17. The third-order valence-corrected chi connectivity index (χ3v) is 7.28. The maximum Gasteiger partial charge on any atom is 0.255 e. The molecule has 1 saturated heterocycles. The van der Waals surface area contributed by atoms with Crippen LogP contribution < -0.4 is 14.9 Å². The number of carbonyl (C=O) groups is 1. The summed E-state index contributed by atoms with van der Waals surface area (Å²) in [4.78, 5) is 21.3. The number of amides is 1. The van der Waals surface area contributed by atoms with E-state index < -0.39 is 10.0 Å². The number of benzene rings is 2. The predicted molar refractivity (Wildman–Crippen MR) is 134 cm³/mol. The lowest BCUT2D eigenvalue weighted by Gasteiger charge is -2.34. The van der Waals surface area contributed by atoms with Crippen LogP contribution in [-0.2, 0) is 16.6 Å². The molecule has 0 radical (unpaired) electrons. The van der Waals surface area contributed by atoms with E-state index in [-0.39, 0.29) is 17.3 Å². The molecule has 2 aromatic carbocycles. The van der Waals surface area contributed by atoms with Crippen LogP contribution in [0.4, 0.5) is 11.4 Å². The van der Waals surface area contributed by atoms with E-state index in [0.29, 0.717) is 11.3 Å². The summed E-state index contributed by atoms with van der Waals surface area (Å²) in [7, 11) is -1.55. The Kier molecular flexibility index (Phi) is 7.26. The maximum atomic E-state index is 12.7. The molecule has 2 N–H and O–H groups in total. The molecule has 8 nitrogen and oxygen atoms in total. The van der Waals surface area contributed by atoms with Crippen LogP contribution in [0.2, 0.25) is 0 Å². The highest BCUT2D eigenvalue weighted by atomic mass is 32.2. The maximum absolute atomic E-state index is 12.7. The fraction of sp³-hybridized carbons (Fsp3) is 0.280. The van der Waals surface area contributed by atoms with E-state index in [9.17, 15) is 13.2 Å². The summed E-state index contributed by atoms with van der Waals surface area (Å²) in [5.41, 5.74) is 3.75. The Morgan fingerprint density at radius 1 is 0.941 bits per heavy atom. The summed E-state index contributed by atoms with van der Waals surface area (Å²) in [5.74, 6) is -0.252. The molecule has 9 heteroatoms. The van der Waals surface area contributed by atoms with Gasteiger partial charge in [0.1, 0.15) is 0 Å². The van der Waals surface area contributed by atoms with Gasteiger partial charge in [0.2, 0.25) is 10.0 Å². The largest absolute Gasteiger partial charge is 0.369 e. The van der Waals surface area contributed by atoms with Crippen LogP contribution >= 0.6 is 0 Å². The standard InChI is InChI=1S/C25H29N5O3S/c1-19-3-8-22(18-26-19)28-25(31)21-6-4-20(5-7-21)17-27-34(32,33)24-11-9-23(10-12-24)30-15-13-29(2)14-16-30/h3-12,18,27H,13-17H2,1-2H3,(H,28,31). The molecule has 1 aliphatic rings. The lowest BCUT2D eigenvalue weighted by molar-refractivity contribution is 0.102. The van der Waals surface area contributed by atoms with Crippen LogP contribution in [0, 0.1) is 6.92 Å². The summed E-state index contributed by atoms with van der Waals surface area (Å²) in [6, 6.07) is 17.4. The molecule has 178 valence electrons. The number of anilines is 2. The lowest BCUT2D eigenvalue weighted by atomic mass is 10.1. The summed E-state index contributed by atoms with van der Waals surface area (Å²) in [6.45, 7) is 5.85. The number of sulfonamides is 1. The van der Waals surface area contributed by atoms with Crippen molar-refractivity contribution in [3.8, 4) is 0 Å². The minimum Gasteiger partial charge on any atom is -0.369 e. The molecule has 0 atom stereocenters. The Hall–Kier alpha value is -3.27. The van der Waals surface area contributed by atoms with Gasteiger partial charge >= 0.3 is 0 Å². The molecule has 0 spiro atoms. The van der Waals surface area contributed by atoms with Crippen LogP contribution in [-0.4, -0.2) is 57.4 Å². The van der Waals surface area contributed by atoms with Crippen LogP contribution in [0.15, 0.2) is 71.8 Å². The molecule has 0 unspecified atom stereocenters. The quantitative estimate of drug-likeness (QED) is 0.541. The SMILES string of the molecule is Cc1ccc(NC(=O)c2ccc(CNS(=O)(=O)c3ccc(N4CCN(C)CC4)cc3)cc2)cn1. The van der Waals surface area contributed by atoms with Crippen molar-refractivity contribution in [2.24, 2.45) is 0 Å². The van der Waals surface area contributed by atoms with Crippen LogP contribution in [0.5, 0.6) is 0 Å². The molecule has 0 saturated carbocycles. The van der Waals surface area contributed by atoms with Crippen molar-refractivity contribution in [3.05, 3.63) is 83.7 Å². The van der Waals surface area contributed by atoms with E-state index in [2.05, 4.69) is 31.9 Å². The van der Waals surface area contributed by atoms with Crippen LogP contribution in [0.3, 0.4) is 0 Å². The number of aryl methyl sites for hydroxylation is 1. The predicted octanol–water partition coefficient (Wildman–Crippen LogP) is 2.87. The molecular formula is C25H29N5O3S. The monoisotopic (exact) mass is 479 g/mol. The third-order valence-electron chi connectivity index (χ3n) is 5.87. The number of nitrogens with one attached hydrogen (secondary N) is 2. The van der Waals surface area contributed by atoms with Crippen molar-refractivity contribution in [2.45, 2.75) is 18.4 Å². The van der Waals surface area contributed by atoms with Gasteiger partial charge in [-0.15, -0.1) is 0 Å². The summed E-state index contributed by atoms with van der Waals surface area (Å²) >= 11 is 0. The molecule has 34 heavy (non-hydrogen) atoms. The Bertz CT molecular complexity index is 1220. The second-order valence-corrected chi connectivity index (χ2v) is 10.2. The number of carbonyl (C=O) groups excluding carboxylic acids is 1. The zero-order chi connectivity index (χ0) is 24.1. The number of likely N-dealkylation sites (N-methyl/N-ethyl adjacent to an activating group) is 1. The van der Waals surface area contributed by atoms with E-state index in [1.165, 1.54) is 0 Å². The zero-order valence-corrected chi connectivity index (χ0v) is 20.2. The molecule has 0 bridgehead atoms. The minimum atomic E-state index is -3.65. The normalized spacial score (nSPS) is 14.7. The van der Waals surface area contributed by atoms with Crippen molar-refractivity contribution in [3.63, 3.8) is 0 Å². The summed E-state index contributed by atoms with van der Waals surface area (Å²) in [5, 5.41) is 2.79. The van der Waals surface area contributed by atoms with Gasteiger partial charge in [-0.3, -0.25) is 9.78 Å². The van der Waals surface area contributed by atoms with Gasteiger partial charge in [-0.05, 0) is 68.1 Å². The number of piperazine rings is 1. The van der Waals surface area contributed by atoms with Gasteiger partial charge in [0.25, 0.3) is 5.91 Å². The molecule has 1 aliphatic heterocycles. The number of pyridine rings is 1. The Labute approximate surface area is 200 Å². The molecule has 0 aliphatic carbocycles. The Morgan fingerprint density at radius 3 is 2.24 bits per heavy atom. The number of rotatable bonds is 7. The van der Waals surface area contributed by atoms with Gasteiger partial charge in [-0.2, -0.15) is 0 Å². The fourth-order valence-electron chi connectivity index (χ4n) is 3.68. The first-order valence-electron chi connectivity index (χ1n) is 11.2. The molecule has 1 fully saturated rings. The number of hydrogen-bond donors (Lipinski definition) is 2. The van der Waals surface area contributed by atoms with Gasteiger partial charge in [0.05, 0.1) is 16.8 Å². The van der Waals surface area contributed by atoms with Crippen LogP contribution in [0.1, 0.15) is 21.6 Å². The average Bonchev–Trinajstić information content (AvgIpc) is 2.85. The summed E-state index contributed by atoms with van der Waals surface area (Å²) < 4.78 is 28.1. The van der Waals surface area contributed by atoms with Crippen molar-refractivity contribution in [1.82, 2.24) is 14.6 Å². The minimum absolute atomic E-state index is 0.131. The first-order valence-corrected chi connectivity index (χ1v) is 12.6. The Balaban J connectivity index is 1.33. The van der Waals surface area contributed by atoms with E-state index in [0.717, 1.165) is 43.1 Å². The molecule has 3 aromatic rings. The van der Waals surface area contributed by atoms with Gasteiger partial charge in [-0.1, -0.05) is 12.1 Å². The lowest BCUT2D eigenvalue weighted by Crippen LogP contribution is -2.44. The average molecular weight is 480 g/mol. The number of hydrogen-bond acceptors (Lipinski definition) is 6. The van der Waals surface area contributed by atoms with E-state index in [1.54, 1.807) is 48.7 Å². The van der Waals surface area contributed by atoms with Gasteiger partial charge in [0.15, 0.2) is 0 Å². The fourth-order valence-corrected chi connectivity index (χ4v) is 4.70. The molecule has 2 heterocycles. The van der Waals surface area contributed by atoms with Crippen molar-refractivity contribution < 1.29 is 13.2 Å². The van der Waals surface area contributed by atoms with Gasteiger partial charge in [0, 0.05) is 49.7 Å².